The first-order chi connectivity index (χ1) is 16.3. The topological polar surface area (TPSA) is 153 Å². The number of sulfone groups is 1. The molecule has 1 aromatic carbocycles. The fourth-order valence-corrected chi connectivity index (χ4v) is 5.09. The van der Waals surface area contributed by atoms with Crippen molar-refractivity contribution < 1.29 is 18.3 Å². The summed E-state index contributed by atoms with van der Waals surface area (Å²) in [6.45, 7) is -0.377. The van der Waals surface area contributed by atoms with E-state index in [0.717, 1.165) is 5.69 Å². The second-order valence-corrected chi connectivity index (χ2v) is 9.74. The molecule has 1 unspecified atom stereocenters. The Balaban J connectivity index is 1.76. The van der Waals surface area contributed by atoms with Gasteiger partial charge in [0.25, 0.3) is 0 Å². The van der Waals surface area contributed by atoms with Crippen molar-refractivity contribution in [2.45, 2.75) is 16.2 Å². The molecule has 4 aromatic rings. The van der Waals surface area contributed by atoms with Crippen molar-refractivity contribution in [2.24, 2.45) is 5.73 Å². The molecule has 0 saturated heterocycles. The third-order valence-electron chi connectivity index (χ3n) is 5.20. The molecule has 10 nitrogen and oxygen atoms in total. The molecule has 0 amide bonds. The number of hydrogen-bond donors (Lipinski definition) is 3. The van der Waals surface area contributed by atoms with Crippen LogP contribution in [0, 0.1) is 0 Å². The molecule has 0 aliphatic heterocycles. The number of rotatable bonds is 9. The number of benzene rings is 1. The molecule has 11 heteroatoms. The van der Waals surface area contributed by atoms with Crippen LogP contribution in [0.1, 0.15) is 11.3 Å². The predicted octanol–water partition coefficient (Wildman–Crippen LogP) is 1.99. The van der Waals surface area contributed by atoms with Gasteiger partial charge >= 0.3 is 5.97 Å². The van der Waals surface area contributed by atoms with Gasteiger partial charge in [-0.3, -0.25) is 9.78 Å². The lowest BCUT2D eigenvalue weighted by molar-refractivity contribution is -0.134. The van der Waals surface area contributed by atoms with Crippen LogP contribution in [0.5, 0.6) is 0 Å². The molecule has 4 rings (SSSR count). The van der Waals surface area contributed by atoms with Gasteiger partial charge in [-0.25, -0.2) is 18.1 Å². The second kappa shape index (κ2) is 9.41. The van der Waals surface area contributed by atoms with Gasteiger partial charge in [0.1, 0.15) is 12.4 Å². The number of hydrogen-bond acceptors (Lipinski definition) is 8. The van der Waals surface area contributed by atoms with E-state index in [-0.39, 0.29) is 29.4 Å². The number of carboxylic acid groups (broad SMARTS) is 1. The van der Waals surface area contributed by atoms with E-state index in [2.05, 4.69) is 20.4 Å². The molecule has 1 atom stereocenters. The summed E-state index contributed by atoms with van der Waals surface area (Å²) in [6, 6.07) is 16.6. The average Bonchev–Trinajstić information content (AvgIpc) is 3.39. The lowest BCUT2D eigenvalue weighted by Crippen LogP contribution is -2.47. The van der Waals surface area contributed by atoms with Gasteiger partial charge in [0.2, 0.25) is 9.84 Å². The summed E-state index contributed by atoms with van der Waals surface area (Å²) in [5, 5.41) is 15.8. The first-order valence-electron chi connectivity index (χ1n) is 10.3. The third-order valence-corrected chi connectivity index (χ3v) is 7.37. The molecular formula is C23H22N6O4S. The maximum atomic E-state index is 13.8. The fourth-order valence-electron chi connectivity index (χ4n) is 3.47. The van der Waals surface area contributed by atoms with E-state index in [4.69, 9.17) is 10.8 Å². The van der Waals surface area contributed by atoms with Crippen LogP contribution < -0.4 is 11.1 Å². The Morgan fingerprint density at radius 2 is 1.85 bits per heavy atom. The van der Waals surface area contributed by atoms with Gasteiger partial charge in [-0.2, -0.15) is 5.10 Å². The summed E-state index contributed by atoms with van der Waals surface area (Å²) >= 11 is 0. The van der Waals surface area contributed by atoms with Crippen molar-refractivity contribution >= 4 is 21.6 Å². The molecule has 0 aliphatic carbocycles. The minimum Gasteiger partial charge on any atom is -0.480 e. The maximum absolute atomic E-state index is 13.8. The van der Waals surface area contributed by atoms with E-state index in [9.17, 15) is 13.2 Å². The Kier molecular flexibility index (Phi) is 6.39. The Hall–Kier alpha value is -4.09. The van der Waals surface area contributed by atoms with Crippen LogP contribution in [-0.2, 0) is 25.9 Å². The van der Waals surface area contributed by atoms with Gasteiger partial charge in [0, 0.05) is 31.2 Å². The van der Waals surface area contributed by atoms with E-state index in [1.165, 1.54) is 30.6 Å². The monoisotopic (exact) mass is 478 g/mol. The standard InChI is InChI=1S/C23H22N6O4S/c24-23(34(32,33)19-4-2-11-25-15-19,20-5-1-6-21(28-20)26-16-22(30)31)14-17-7-9-18(10-8-17)29-13-3-12-27-29/h1-13,15H,14,16,24H2,(H,26,28)(H,30,31). The number of anilines is 1. The van der Waals surface area contributed by atoms with E-state index in [1.807, 2.05) is 12.1 Å². The summed E-state index contributed by atoms with van der Waals surface area (Å²) in [5.41, 5.74) is 8.22. The van der Waals surface area contributed by atoms with E-state index in [0.29, 0.717) is 5.56 Å². The molecular weight excluding hydrogens is 456 g/mol. The van der Waals surface area contributed by atoms with Crippen LogP contribution in [0.4, 0.5) is 5.82 Å². The maximum Gasteiger partial charge on any atom is 0.322 e. The number of pyridine rings is 2. The van der Waals surface area contributed by atoms with E-state index >= 15 is 0 Å². The largest absolute Gasteiger partial charge is 0.480 e. The van der Waals surface area contributed by atoms with Crippen molar-refractivity contribution in [3.63, 3.8) is 0 Å². The van der Waals surface area contributed by atoms with Crippen molar-refractivity contribution in [1.29, 1.82) is 0 Å². The van der Waals surface area contributed by atoms with Crippen molar-refractivity contribution in [3.05, 3.63) is 96.7 Å². The first-order valence-corrected chi connectivity index (χ1v) is 11.7. The summed E-state index contributed by atoms with van der Waals surface area (Å²) in [7, 11) is -4.16. The number of aliphatic carboxylic acids is 1. The number of nitrogens with one attached hydrogen (secondary N) is 1. The SMILES string of the molecule is NC(Cc1ccc(-n2cccn2)cc1)(c1cccc(NCC(=O)O)n1)S(=O)(=O)c1cccnc1. The normalized spacial score (nSPS) is 13.2. The van der Waals surface area contributed by atoms with Gasteiger partial charge in [-0.15, -0.1) is 0 Å². The highest BCUT2D eigenvalue weighted by atomic mass is 32.2. The predicted molar refractivity (Wildman–Crippen MR) is 125 cm³/mol. The molecule has 3 heterocycles. The molecule has 0 aliphatic rings. The fraction of sp³-hybridized carbons (Fsp3) is 0.130. The van der Waals surface area contributed by atoms with Crippen LogP contribution in [0.3, 0.4) is 0 Å². The minimum atomic E-state index is -4.16. The van der Waals surface area contributed by atoms with Gasteiger partial charge in [-0.1, -0.05) is 18.2 Å². The third kappa shape index (κ3) is 4.65. The molecule has 34 heavy (non-hydrogen) atoms. The number of carbonyl (C=O) groups is 1. The van der Waals surface area contributed by atoms with Crippen molar-refractivity contribution in [2.75, 3.05) is 11.9 Å². The number of aromatic nitrogens is 4. The zero-order valence-electron chi connectivity index (χ0n) is 17.9. The molecule has 174 valence electrons. The Morgan fingerprint density at radius 1 is 1.06 bits per heavy atom. The van der Waals surface area contributed by atoms with Crippen LogP contribution >= 0.6 is 0 Å². The summed E-state index contributed by atoms with van der Waals surface area (Å²) < 4.78 is 29.2. The van der Waals surface area contributed by atoms with Gasteiger partial charge < -0.3 is 16.2 Å². The summed E-state index contributed by atoms with van der Waals surface area (Å²) in [4.78, 5) is 17.2. The highest BCUT2D eigenvalue weighted by Crippen LogP contribution is 2.34. The van der Waals surface area contributed by atoms with Crippen LogP contribution in [0.25, 0.3) is 5.69 Å². The van der Waals surface area contributed by atoms with E-state index in [1.54, 1.807) is 47.4 Å². The lowest BCUT2D eigenvalue weighted by atomic mass is 10.0. The molecule has 0 fully saturated rings. The zero-order valence-corrected chi connectivity index (χ0v) is 18.8. The first kappa shape index (κ1) is 23.1. The highest BCUT2D eigenvalue weighted by molar-refractivity contribution is 7.92. The van der Waals surface area contributed by atoms with Crippen molar-refractivity contribution in [3.8, 4) is 5.69 Å². The Bertz CT molecular complexity index is 1380. The molecule has 4 N–H and O–H groups in total. The molecule has 0 saturated carbocycles. The summed E-state index contributed by atoms with van der Waals surface area (Å²) in [5.74, 6) is -0.878. The van der Waals surface area contributed by atoms with Crippen LogP contribution in [-0.4, -0.2) is 45.8 Å². The summed E-state index contributed by atoms with van der Waals surface area (Å²) in [6.07, 6.45) is 6.09. The Morgan fingerprint density at radius 3 is 2.50 bits per heavy atom. The molecule has 0 spiro atoms. The molecule has 0 bridgehead atoms. The van der Waals surface area contributed by atoms with Gasteiger partial charge in [0.15, 0.2) is 4.87 Å². The van der Waals surface area contributed by atoms with Crippen LogP contribution in [0.15, 0.2) is 90.3 Å². The number of nitrogens with zero attached hydrogens (tertiary/aromatic N) is 4. The Labute approximate surface area is 196 Å². The van der Waals surface area contributed by atoms with E-state index < -0.39 is 20.7 Å². The second-order valence-electron chi connectivity index (χ2n) is 7.53. The zero-order chi connectivity index (χ0) is 24.2. The smallest absolute Gasteiger partial charge is 0.322 e. The van der Waals surface area contributed by atoms with Gasteiger partial charge in [-0.05, 0) is 48.0 Å². The number of nitrogens with two attached hydrogens (primary N) is 1. The molecule has 3 aromatic heterocycles. The van der Waals surface area contributed by atoms with Crippen LogP contribution in [0.2, 0.25) is 0 Å². The average molecular weight is 479 g/mol. The minimum absolute atomic E-state index is 0.0450. The lowest BCUT2D eigenvalue weighted by Gasteiger charge is -2.29. The van der Waals surface area contributed by atoms with Gasteiger partial charge in [0.05, 0.1) is 16.3 Å². The van der Waals surface area contributed by atoms with Crippen molar-refractivity contribution in [1.82, 2.24) is 19.7 Å². The number of carboxylic acids is 1. The highest BCUT2D eigenvalue weighted by Gasteiger charge is 2.44. The molecule has 0 radical (unpaired) electrons. The quantitative estimate of drug-likeness (QED) is 0.328.